The lowest BCUT2D eigenvalue weighted by Gasteiger charge is -1.94. The summed E-state index contributed by atoms with van der Waals surface area (Å²) < 4.78 is 26.5. The zero-order valence-corrected chi connectivity index (χ0v) is 10.3. The first-order chi connectivity index (χ1) is 6.79. The molecule has 1 aromatic rings. The molecule has 84 valence electrons. The third-order valence-electron chi connectivity index (χ3n) is 1.66. The molecule has 0 radical (unpaired) electrons. The topological polar surface area (TPSA) is 86.5 Å². The molecule has 0 spiro atoms. The van der Waals surface area contributed by atoms with Crippen LogP contribution in [-0.2, 0) is 14.8 Å². The van der Waals surface area contributed by atoms with Crippen molar-refractivity contribution >= 4 is 38.9 Å². The third-order valence-corrected chi connectivity index (χ3v) is 5.08. The van der Waals surface area contributed by atoms with Crippen molar-refractivity contribution in [3.8, 4) is 0 Å². The van der Waals surface area contributed by atoms with Crippen LogP contribution in [0.4, 0.5) is 0 Å². The van der Waals surface area contributed by atoms with Crippen molar-refractivity contribution in [3.05, 3.63) is 15.5 Å². The molecule has 0 fully saturated rings. The number of esters is 1. The molecule has 0 aliphatic rings. The van der Waals surface area contributed by atoms with E-state index in [1.54, 1.807) is 0 Å². The van der Waals surface area contributed by atoms with Crippen molar-refractivity contribution in [2.24, 2.45) is 5.14 Å². The van der Waals surface area contributed by atoms with Crippen LogP contribution in [-0.4, -0.2) is 21.5 Å². The van der Waals surface area contributed by atoms with Crippen LogP contribution in [0.5, 0.6) is 0 Å². The summed E-state index contributed by atoms with van der Waals surface area (Å²) >= 11 is 6.49. The van der Waals surface area contributed by atoms with Gasteiger partial charge in [-0.05, 0) is 12.5 Å². The van der Waals surface area contributed by atoms with Crippen molar-refractivity contribution in [2.45, 2.75) is 11.1 Å². The zero-order chi connectivity index (χ0) is 11.8. The number of halogens is 1. The van der Waals surface area contributed by atoms with Crippen molar-refractivity contribution in [1.82, 2.24) is 0 Å². The highest BCUT2D eigenvalue weighted by molar-refractivity contribution is 7.91. The Morgan fingerprint density at radius 2 is 2.07 bits per heavy atom. The Labute approximate surface area is 95.8 Å². The summed E-state index contributed by atoms with van der Waals surface area (Å²) in [5, 5.41) is 5.02. The molecule has 2 N–H and O–H groups in total. The number of ether oxygens (including phenoxy) is 1. The molecule has 0 aromatic carbocycles. The van der Waals surface area contributed by atoms with Gasteiger partial charge < -0.3 is 4.74 Å². The predicted octanol–water partition coefficient (Wildman–Crippen LogP) is 1.14. The average molecular weight is 270 g/mol. The molecular formula is C7H8ClNO4S2. The summed E-state index contributed by atoms with van der Waals surface area (Å²) in [6, 6.07) is 0. The van der Waals surface area contributed by atoms with Gasteiger partial charge in [-0.3, -0.25) is 0 Å². The van der Waals surface area contributed by atoms with Crippen LogP contribution in [0.3, 0.4) is 0 Å². The van der Waals surface area contributed by atoms with E-state index in [1.165, 1.54) is 14.0 Å². The fourth-order valence-electron chi connectivity index (χ4n) is 0.969. The predicted molar refractivity (Wildman–Crippen MR) is 56.8 cm³/mol. The Bertz CT molecular complexity index is 505. The first-order valence-corrected chi connectivity index (χ1v) is 6.43. The fourth-order valence-corrected chi connectivity index (χ4v) is 3.46. The fraction of sp³-hybridized carbons (Fsp3) is 0.286. The maximum Gasteiger partial charge on any atom is 0.349 e. The molecule has 0 saturated heterocycles. The van der Waals surface area contributed by atoms with E-state index in [-0.39, 0.29) is 19.7 Å². The number of thiophene rings is 1. The number of hydrogen-bond donors (Lipinski definition) is 1. The third kappa shape index (κ3) is 2.31. The Morgan fingerprint density at radius 1 is 1.53 bits per heavy atom. The largest absolute Gasteiger partial charge is 0.465 e. The molecule has 5 nitrogen and oxygen atoms in total. The average Bonchev–Trinajstić information content (AvgIpc) is 2.42. The highest BCUT2D eigenvalue weighted by Gasteiger charge is 2.24. The number of carbonyl (C=O) groups is 1. The van der Waals surface area contributed by atoms with Crippen LogP contribution in [0, 0.1) is 6.92 Å². The minimum absolute atomic E-state index is 0.0423. The van der Waals surface area contributed by atoms with Gasteiger partial charge in [-0.15, -0.1) is 11.3 Å². The van der Waals surface area contributed by atoms with Crippen molar-refractivity contribution in [3.63, 3.8) is 0 Å². The highest BCUT2D eigenvalue weighted by Crippen LogP contribution is 2.35. The lowest BCUT2D eigenvalue weighted by molar-refractivity contribution is 0.0606. The Morgan fingerprint density at radius 3 is 2.40 bits per heavy atom. The molecular weight excluding hydrogens is 262 g/mol. The Hall–Kier alpha value is -0.630. The molecule has 1 aromatic heterocycles. The van der Waals surface area contributed by atoms with E-state index in [2.05, 4.69) is 4.74 Å². The normalized spacial score (nSPS) is 11.5. The monoisotopic (exact) mass is 269 g/mol. The van der Waals surface area contributed by atoms with Gasteiger partial charge in [-0.1, -0.05) is 11.6 Å². The van der Waals surface area contributed by atoms with Crippen LogP contribution in [0.25, 0.3) is 0 Å². The van der Waals surface area contributed by atoms with Crippen LogP contribution < -0.4 is 5.14 Å². The van der Waals surface area contributed by atoms with Crippen molar-refractivity contribution in [2.75, 3.05) is 7.11 Å². The Kier molecular flexibility index (Phi) is 3.39. The summed E-state index contributed by atoms with van der Waals surface area (Å²) in [4.78, 5) is 11.2. The van der Waals surface area contributed by atoms with Crippen LogP contribution in [0.1, 0.15) is 15.2 Å². The smallest absolute Gasteiger partial charge is 0.349 e. The first kappa shape index (κ1) is 12.4. The second kappa shape index (κ2) is 4.09. The number of carbonyl (C=O) groups excluding carboxylic acids is 1. The van der Waals surface area contributed by atoms with Gasteiger partial charge in [0.1, 0.15) is 9.09 Å². The molecule has 0 aliphatic carbocycles. The minimum Gasteiger partial charge on any atom is -0.465 e. The lowest BCUT2D eigenvalue weighted by Crippen LogP contribution is -2.11. The minimum atomic E-state index is -3.85. The molecule has 0 bridgehead atoms. The van der Waals surface area contributed by atoms with E-state index in [4.69, 9.17) is 16.7 Å². The quantitative estimate of drug-likeness (QED) is 0.816. The van der Waals surface area contributed by atoms with E-state index in [0.717, 1.165) is 0 Å². The zero-order valence-electron chi connectivity index (χ0n) is 7.90. The summed E-state index contributed by atoms with van der Waals surface area (Å²) in [6.45, 7) is 1.48. The van der Waals surface area contributed by atoms with E-state index in [9.17, 15) is 13.2 Å². The molecule has 0 amide bonds. The van der Waals surface area contributed by atoms with Gasteiger partial charge in [0.25, 0.3) is 0 Å². The van der Waals surface area contributed by atoms with Gasteiger partial charge in [0, 0.05) is 0 Å². The summed E-state index contributed by atoms with van der Waals surface area (Å²) in [7, 11) is -2.67. The van der Waals surface area contributed by atoms with E-state index in [1.807, 2.05) is 0 Å². The van der Waals surface area contributed by atoms with Gasteiger partial charge >= 0.3 is 5.97 Å². The molecule has 15 heavy (non-hydrogen) atoms. The van der Waals surface area contributed by atoms with Gasteiger partial charge in [0.2, 0.25) is 10.0 Å². The number of nitrogens with two attached hydrogens (primary N) is 1. The standard InChI is InChI=1S/C7H8ClNO4S2/c1-3-4(8)5(6(10)13-2)14-7(3)15(9,11)12/h1-2H3,(H2,9,11,12). The maximum absolute atomic E-state index is 11.2. The molecule has 8 heteroatoms. The van der Waals surface area contributed by atoms with Gasteiger partial charge in [-0.25, -0.2) is 18.4 Å². The molecule has 0 atom stereocenters. The van der Waals surface area contributed by atoms with Crippen molar-refractivity contribution in [1.29, 1.82) is 0 Å². The lowest BCUT2D eigenvalue weighted by atomic mass is 10.3. The Balaban J connectivity index is 3.44. The molecule has 1 heterocycles. The van der Waals surface area contributed by atoms with Gasteiger partial charge in [-0.2, -0.15) is 0 Å². The number of sulfonamides is 1. The summed E-state index contributed by atoms with van der Waals surface area (Å²) in [6.07, 6.45) is 0. The molecule has 0 unspecified atom stereocenters. The van der Waals surface area contributed by atoms with E-state index >= 15 is 0 Å². The van der Waals surface area contributed by atoms with Crippen LogP contribution in [0.2, 0.25) is 5.02 Å². The first-order valence-electron chi connectivity index (χ1n) is 3.69. The molecule has 0 saturated carbocycles. The summed E-state index contributed by atoms with van der Waals surface area (Å²) in [5.74, 6) is -0.678. The highest BCUT2D eigenvalue weighted by atomic mass is 35.5. The van der Waals surface area contributed by atoms with Crippen LogP contribution in [0.15, 0.2) is 4.21 Å². The molecule has 1 rings (SSSR count). The number of primary sulfonamides is 1. The SMILES string of the molecule is COC(=O)c1sc(S(N)(=O)=O)c(C)c1Cl. The number of rotatable bonds is 2. The second-order valence-corrected chi connectivity index (χ2v) is 5.85. The van der Waals surface area contributed by atoms with Crippen molar-refractivity contribution < 1.29 is 17.9 Å². The maximum atomic E-state index is 11.2. The number of methoxy groups -OCH3 is 1. The van der Waals surface area contributed by atoms with Crippen LogP contribution >= 0.6 is 22.9 Å². The van der Waals surface area contributed by atoms with Gasteiger partial charge in [0.05, 0.1) is 12.1 Å². The molecule has 0 aliphatic heterocycles. The van der Waals surface area contributed by atoms with E-state index in [0.29, 0.717) is 11.3 Å². The second-order valence-electron chi connectivity index (χ2n) is 2.69. The number of hydrogen-bond acceptors (Lipinski definition) is 5. The summed E-state index contributed by atoms with van der Waals surface area (Å²) in [5.41, 5.74) is 0.268. The van der Waals surface area contributed by atoms with E-state index < -0.39 is 16.0 Å². The van der Waals surface area contributed by atoms with Gasteiger partial charge in [0.15, 0.2) is 0 Å².